The monoisotopic (exact) mass is 517 g/mol. The summed E-state index contributed by atoms with van der Waals surface area (Å²) in [6, 6.07) is 7.58. The Bertz CT molecular complexity index is 1230. The second-order valence-corrected chi connectivity index (χ2v) is 10.0. The summed E-state index contributed by atoms with van der Waals surface area (Å²) >= 11 is 2.13. The molecule has 3 N–H and O–H groups in total. The third kappa shape index (κ3) is 6.20. The summed E-state index contributed by atoms with van der Waals surface area (Å²) in [4.78, 5) is 36.6. The van der Waals surface area contributed by atoms with Crippen molar-refractivity contribution in [1.82, 2.24) is 14.8 Å². The van der Waals surface area contributed by atoms with Gasteiger partial charge in [-0.3, -0.25) is 9.59 Å². The van der Waals surface area contributed by atoms with Crippen LogP contribution < -0.4 is 15.8 Å². The van der Waals surface area contributed by atoms with Crippen LogP contribution in [0.5, 0.6) is 5.75 Å². The first-order valence-electron chi connectivity index (χ1n) is 10.7. The van der Waals surface area contributed by atoms with Gasteiger partial charge in [-0.1, -0.05) is 25.6 Å². The van der Waals surface area contributed by atoms with Gasteiger partial charge in [0.25, 0.3) is 5.91 Å². The fourth-order valence-corrected chi connectivity index (χ4v) is 4.91. The highest BCUT2D eigenvalue weighted by atomic mass is 32.2. The zero-order valence-electron chi connectivity index (χ0n) is 20.1. The summed E-state index contributed by atoms with van der Waals surface area (Å²) in [5.74, 6) is 0.158. The molecule has 2 aromatic heterocycles. The summed E-state index contributed by atoms with van der Waals surface area (Å²) < 4.78 is 12.3. The number of ether oxygens (including phenoxy) is 2. The van der Waals surface area contributed by atoms with Gasteiger partial charge in [-0.15, -0.1) is 21.5 Å². The molecule has 0 fully saturated rings. The Labute approximate surface area is 211 Å². The first-order chi connectivity index (χ1) is 16.6. The number of anilines is 1. The lowest BCUT2D eigenvalue weighted by atomic mass is 10.1. The molecule has 3 aromatic rings. The molecule has 0 aliphatic rings. The standard InChI is InChI=1S/C23H27N5O5S2/c1-12(2)10-33-15-8-6-14(7-9-15)20-26-27-23(28(20)4)34-11-16(29)25-21-17(22(31)32-5)13(3)18(35-21)19(24)30/h6-9,12H,10-11H2,1-5H3,(H2,24,30)(H,25,29). The molecule has 10 nitrogen and oxygen atoms in total. The van der Waals surface area contributed by atoms with Crippen molar-refractivity contribution in [3.8, 4) is 17.1 Å². The van der Waals surface area contributed by atoms with Crippen LogP contribution in [0.15, 0.2) is 29.4 Å². The average molecular weight is 518 g/mol. The molecule has 0 saturated carbocycles. The van der Waals surface area contributed by atoms with Crippen LogP contribution in [0.3, 0.4) is 0 Å². The van der Waals surface area contributed by atoms with Gasteiger partial charge in [0.2, 0.25) is 5.91 Å². The molecule has 0 saturated heterocycles. The van der Waals surface area contributed by atoms with Crippen LogP contribution in [0, 0.1) is 12.8 Å². The second-order valence-electron chi connectivity index (χ2n) is 8.05. The SMILES string of the molecule is COC(=O)c1c(NC(=O)CSc2nnc(-c3ccc(OCC(C)C)cc3)n2C)sc(C(N)=O)c1C. The van der Waals surface area contributed by atoms with E-state index in [0.717, 1.165) is 22.6 Å². The Morgan fingerprint density at radius 3 is 2.49 bits per heavy atom. The number of methoxy groups -OCH3 is 1. The number of aromatic nitrogens is 3. The number of hydrogen-bond donors (Lipinski definition) is 2. The maximum atomic E-state index is 12.6. The predicted octanol–water partition coefficient (Wildman–Crippen LogP) is 3.50. The minimum absolute atomic E-state index is 0.0113. The van der Waals surface area contributed by atoms with E-state index in [-0.39, 0.29) is 27.1 Å². The van der Waals surface area contributed by atoms with Gasteiger partial charge in [-0.2, -0.15) is 0 Å². The van der Waals surface area contributed by atoms with Gasteiger partial charge >= 0.3 is 5.97 Å². The number of primary amides is 1. The van der Waals surface area contributed by atoms with Crippen LogP contribution in [0.2, 0.25) is 0 Å². The van der Waals surface area contributed by atoms with E-state index in [1.165, 1.54) is 18.9 Å². The Hall–Kier alpha value is -3.38. The zero-order chi connectivity index (χ0) is 25.7. The van der Waals surface area contributed by atoms with Gasteiger partial charge in [0.15, 0.2) is 11.0 Å². The van der Waals surface area contributed by atoms with Crippen LogP contribution in [-0.4, -0.2) is 52.0 Å². The number of esters is 1. The van der Waals surface area contributed by atoms with E-state index >= 15 is 0 Å². The molecular formula is C23H27N5O5S2. The number of nitrogens with two attached hydrogens (primary N) is 1. The quantitative estimate of drug-likeness (QED) is 0.308. The molecule has 0 radical (unpaired) electrons. The van der Waals surface area contributed by atoms with Crippen molar-refractivity contribution in [3.05, 3.63) is 40.3 Å². The average Bonchev–Trinajstić information content (AvgIpc) is 3.35. The molecule has 0 atom stereocenters. The minimum atomic E-state index is -0.682. The molecule has 0 spiro atoms. The summed E-state index contributed by atoms with van der Waals surface area (Å²) in [7, 11) is 3.04. The smallest absolute Gasteiger partial charge is 0.341 e. The van der Waals surface area contributed by atoms with Crippen molar-refractivity contribution in [3.63, 3.8) is 0 Å². The van der Waals surface area contributed by atoms with Crippen molar-refractivity contribution < 1.29 is 23.9 Å². The molecule has 35 heavy (non-hydrogen) atoms. The van der Waals surface area contributed by atoms with Crippen LogP contribution in [0.1, 0.15) is 39.4 Å². The van der Waals surface area contributed by atoms with Gasteiger partial charge < -0.3 is 25.1 Å². The Balaban J connectivity index is 1.67. The van der Waals surface area contributed by atoms with Crippen molar-refractivity contribution in [1.29, 1.82) is 0 Å². The molecule has 12 heteroatoms. The molecule has 1 aromatic carbocycles. The third-order valence-corrected chi connectivity index (χ3v) is 7.12. The molecule has 0 aliphatic heterocycles. The zero-order valence-corrected chi connectivity index (χ0v) is 21.7. The van der Waals surface area contributed by atoms with E-state index in [2.05, 4.69) is 29.4 Å². The number of rotatable bonds is 10. The lowest BCUT2D eigenvalue weighted by molar-refractivity contribution is -0.113. The first kappa shape index (κ1) is 26.2. The van der Waals surface area contributed by atoms with Crippen molar-refractivity contribution >= 4 is 45.9 Å². The van der Waals surface area contributed by atoms with Gasteiger partial charge in [-0.25, -0.2) is 4.79 Å². The maximum Gasteiger partial charge on any atom is 0.341 e. The number of hydrogen-bond acceptors (Lipinski definition) is 9. The minimum Gasteiger partial charge on any atom is -0.493 e. The van der Waals surface area contributed by atoms with E-state index in [1.54, 1.807) is 11.5 Å². The van der Waals surface area contributed by atoms with Crippen molar-refractivity contribution in [2.45, 2.75) is 25.9 Å². The molecule has 0 aliphatic carbocycles. The van der Waals surface area contributed by atoms with Crippen molar-refractivity contribution in [2.24, 2.45) is 18.7 Å². The highest BCUT2D eigenvalue weighted by molar-refractivity contribution is 7.99. The summed E-state index contributed by atoms with van der Waals surface area (Å²) in [6.45, 7) is 6.40. The van der Waals surface area contributed by atoms with Gasteiger partial charge in [-0.05, 0) is 42.7 Å². The number of thiophene rings is 1. The fraction of sp³-hybridized carbons (Fsp3) is 0.348. The normalized spacial score (nSPS) is 10.9. The van der Waals surface area contributed by atoms with E-state index in [0.29, 0.717) is 29.1 Å². The maximum absolute atomic E-state index is 12.6. The van der Waals surface area contributed by atoms with Crippen LogP contribution in [0.4, 0.5) is 5.00 Å². The van der Waals surface area contributed by atoms with Gasteiger partial charge in [0, 0.05) is 12.6 Å². The number of carbonyl (C=O) groups excluding carboxylic acids is 3. The second kappa shape index (κ2) is 11.4. The van der Waals surface area contributed by atoms with E-state index < -0.39 is 11.9 Å². The summed E-state index contributed by atoms with van der Waals surface area (Å²) in [6.07, 6.45) is 0. The molecule has 186 valence electrons. The van der Waals surface area contributed by atoms with E-state index in [9.17, 15) is 14.4 Å². The molecular weight excluding hydrogens is 490 g/mol. The Morgan fingerprint density at radius 1 is 1.20 bits per heavy atom. The topological polar surface area (TPSA) is 138 Å². The number of amides is 2. The van der Waals surface area contributed by atoms with E-state index in [4.69, 9.17) is 15.2 Å². The molecule has 2 amide bonds. The molecule has 0 bridgehead atoms. The Morgan fingerprint density at radius 2 is 1.89 bits per heavy atom. The van der Waals surface area contributed by atoms with Gasteiger partial charge in [0.05, 0.1) is 29.9 Å². The largest absolute Gasteiger partial charge is 0.493 e. The van der Waals surface area contributed by atoms with Gasteiger partial charge in [0.1, 0.15) is 10.8 Å². The number of thioether (sulfide) groups is 1. The van der Waals surface area contributed by atoms with Crippen LogP contribution in [-0.2, 0) is 16.6 Å². The summed E-state index contributed by atoms with van der Waals surface area (Å²) in [5.41, 5.74) is 6.74. The third-order valence-electron chi connectivity index (χ3n) is 4.88. The van der Waals surface area contributed by atoms with E-state index in [1.807, 2.05) is 31.3 Å². The first-order valence-corrected chi connectivity index (χ1v) is 12.5. The highest BCUT2D eigenvalue weighted by Gasteiger charge is 2.25. The molecule has 0 unspecified atom stereocenters. The lowest BCUT2D eigenvalue weighted by Crippen LogP contribution is -2.16. The van der Waals surface area contributed by atoms with Crippen LogP contribution in [0.25, 0.3) is 11.4 Å². The summed E-state index contributed by atoms with van der Waals surface area (Å²) in [5, 5.41) is 11.9. The molecule has 3 rings (SSSR count). The number of nitrogens with one attached hydrogen (secondary N) is 1. The van der Waals surface area contributed by atoms with Crippen molar-refractivity contribution in [2.75, 3.05) is 24.8 Å². The number of benzene rings is 1. The number of carbonyl (C=O) groups is 3. The Kier molecular flexibility index (Phi) is 8.52. The number of nitrogens with zero attached hydrogens (tertiary/aromatic N) is 3. The fourth-order valence-electron chi connectivity index (χ4n) is 3.13. The predicted molar refractivity (Wildman–Crippen MR) is 135 cm³/mol. The molecule has 2 heterocycles. The highest BCUT2D eigenvalue weighted by Crippen LogP contribution is 2.34. The lowest BCUT2D eigenvalue weighted by Gasteiger charge is -2.09. The van der Waals surface area contributed by atoms with Crippen LogP contribution >= 0.6 is 23.1 Å².